The first-order chi connectivity index (χ1) is 8.47. The van der Waals surface area contributed by atoms with E-state index in [0.29, 0.717) is 5.13 Å². The molecule has 18 heavy (non-hydrogen) atoms. The van der Waals surface area contributed by atoms with Gasteiger partial charge >= 0.3 is 0 Å². The van der Waals surface area contributed by atoms with Crippen LogP contribution in [0.5, 0.6) is 0 Å². The maximum Gasteiger partial charge on any atom is 0.243 e. The zero-order chi connectivity index (χ0) is 13.3. The van der Waals surface area contributed by atoms with Crippen LogP contribution >= 0.6 is 22.9 Å². The Kier molecular flexibility index (Phi) is 3.73. The number of alkyl halides is 1. The van der Waals surface area contributed by atoms with Crippen molar-refractivity contribution in [2.45, 2.75) is 12.3 Å². The van der Waals surface area contributed by atoms with Gasteiger partial charge in [-0.25, -0.2) is 4.98 Å². The number of carbonyl (C=O) groups excluding carboxylic acids is 1. The van der Waals surface area contributed by atoms with Gasteiger partial charge in [-0.05, 0) is 25.1 Å². The van der Waals surface area contributed by atoms with Crippen molar-refractivity contribution in [3.63, 3.8) is 0 Å². The SMILES string of the molecule is C[C@@H](Cl)C(=O)Nc1nc2ccc(N(C)C)cc2s1. The maximum atomic E-state index is 11.5. The third-order valence-electron chi connectivity index (χ3n) is 2.48. The first kappa shape index (κ1) is 13.1. The molecule has 1 N–H and O–H groups in total. The van der Waals surface area contributed by atoms with Crippen LogP contribution in [-0.2, 0) is 4.79 Å². The highest BCUT2D eigenvalue weighted by Gasteiger charge is 2.12. The number of anilines is 2. The molecule has 0 fully saturated rings. The molecule has 0 aliphatic rings. The molecule has 2 rings (SSSR count). The van der Waals surface area contributed by atoms with Crippen LogP contribution in [0.25, 0.3) is 10.2 Å². The quantitative estimate of drug-likeness (QED) is 0.881. The number of nitrogens with zero attached hydrogens (tertiary/aromatic N) is 2. The first-order valence-corrected chi connectivity index (χ1v) is 6.75. The van der Waals surface area contributed by atoms with Crippen LogP contribution in [0.1, 0.15) is 6.92 Å². The van der Waals surface area contributed by atoms with Gasteiger partial charge in [-0.15, -0.1) is 11.6 Å². The van der Waals surface area contributed by atoms with Crippen molar-refractivity contribution in [1.82, 2.24) is 4.98 Å². The van der Waals surface area contributed by atoms with E-state index < -0.39 is 5.38 Å². The van der Waals surface area contributed by atoms with E-state index in [1.54, 1.807) is 6.92 Å². The number of rotatable bonds is 3. The molecule has 1 aromatic carbocycles. The second-order valence-electron chi connectivity index (χ2n) is 4.17. The van der Waals surface area contributed by atoms with E-state index in [9.17, 15) is 4.79 Å². The number of aromatic nitrogens is 1. The third-order valence-corrected chi connectivity index (χ3v) is 3.61. The summed E-state index contributed by atoms with van der Waals surface area (Å²) in [6.45, 7) is 1.63. The summed E-state index contributed by atoms with van der Waals surface area (Å²) in [5, 5.41) is 2.72. The summed E-state index contributed by atoms with van der Waals surface area (Å²) in [4.78, 5) is 17.9. The maximum absolute atomic E-state index is 11.5. The number of hydrogen-bond donors (Lipinski definition) is 1. The summed E-state index contributed by atoms with van der Waals surface area (Å²) in [6, 6.07) is 5.99. The van der Waals surface area contributed by atoms with Crippen molar-refractivity contribution < 1.29 is 4.79 Å². The molecule has 6 heteroatoms. The van der Waals surface area contributed by atoms with Gasteiger partial charge in [0.1, 0.15) is 5.38 Å². The van der Waals surface area contributed by atoms with Crippen LogP contribution in [0.2, 0.25) is 0 Å². The normalized spacial score (nSPS) is 12.4. The van der Waals surface area contributed by atoms with Gasteiger partial charge in [0.25, 0.3) is 0 Å². The molecule has 1 heterocycles. The van der Waals surface area contributed by atoms with Crippen LogP contribution in [0.4, 0.5) is 10.8 Å². The van der Waals surface area contributed by atoms with E-state index >= 15 is 0 Å². The van der Waals surface area contributed by atoms with Gasteiger partial charge < -0.3 is 10.2 Å². The second-order valence-corrected chi connectivity index (χ2v) is 5.86. The molecule has 0 unspecified atom stereocenters. The number of hydrogen-bond acceptors (Lipinski definition) is 4. The molecule has 1 amide bonds. The van der Waals surface area contributed by atoms with E-state index in [1.807, 2.05) is 37.2 Å². The molecule has 0 saturated heterocycles. The van der Waals surface area contributed by atoms with Gasteiger partial charge in [-0.2, -0.15) is 0 Å². The van der Waals surface area contributed by atoms with Crippen LogP contribution in [0.15, 0.2) is 18.2 Å². The molecule has 1 aromatic heterocycles. The Hall–Kier alpha value is -1.33. The molecular weight excluding hydrogens is 270 g/mol. The molecule has 0 spiro atoms. The van der Waals surface area contributed by atoms with Gasteiger partial charge in [0.05, 0.1) is 10.2 Å². The molecule has 0 bridgehead atoms. The van der Waals surface area contributed by atoms with Gasteiger partial charge in [0.2, 0.25) is 5.91 Å². The second kappa shape index (κ2) is 5.12. The number of amides is 1. The Balaban J connectivity index is 2.30. The average molecular weight is 284 g/mol. The number of halogens is 1. The van der Waals surface area contributed by atoms with E-state index in [1.165, 1.54) is 11.3 Å². The van der Waals surface area contributed by atoms with Gasteiger partial charge in [-0.1, -0.05) is 11.3 Å². The Morgan fingerprint density at radius 1 is 1.50 bits per heavy atom. The monoisotopic (exact) mass is 283 g/mol. The third kappa shape index (κ3) is 2.73. The summed E-state index contributed by atoms with van der Waals surface area (Å²) in [6.07, 6.45) is 0. The molecule has 1 atom stereocenters. The summed E-state index contributed by atoms with van der Waals surface area (Å²) in [5.41, 5.74) is 1.98. The van der Waals surface area contributed by atoms with Gasteiger partial charge in [0, 0.05) is 19.8 Å². The van der Waals surface area contributed by atoms with Crippen molar-refractivity contribution in [1.29, 1.82) is 0 Å². The lowest BCUT2D eigenvalue weighted by atomic mass is 10.3. The predicted octanol–water partition coefficient (Wildman–Crippen LogP) is 2.93. The minimum atomic E-state index is -0.561. The van der Waals surface area contributed by atoms with Crippen molar-refractivity contribution in [2.75, 3.05) is 24.3 Å². The molecule has 96 valence electrons. The molecule has 0 radical (unpaired) electrons. The number of thiazole rings is 1. The summed E-state index contributed by atoms with van der Waals surface area (Å²) in [7, 11) is 3.97. The Bertz CT molecular complexity index is 580. The average Bonchev–Trinajstić information content (AvgIpc) is 2.69. The van der Waals surface area contributed by atoms with Crippen molar-refractivity contribution in [3.05, 3.63) is 18.2 Å². The molecule has 0 aliphatic heterocycles. The Labute approximate surface area is 115 Å². The van der Waals surface area contributed by atoms with E-state index in [4.69, 9.17) is 11.6 Å². The molecule has 0 saturated carbocycles. The Morgan fingerprint density at radius 2 is 2.22 bits per heavy atom. The Morgan fingerprint density at radius 3 is 2.83 bits per heavy atom. The lowest BCUT2D eigenvalue weighted by molar-refractivity contribution is -0.115. The van der Waals surface area contributed by atoms with E-state index in [0.717, 1.165) is 15.9 Å². The van der Waals surface area contributed by atoms with E-state index in [2.05, 4.69) is 10.3 Å². The fraction of sp³-hybridized carbons (Fsp3) is 0.333. The topological polar surface area (TPSA) is 45.2 Å². The van der Waals surface area contributed by atoms with Crippen molar-refractivity contribution in [2.24, 2.45) is 0 Å². The standard InChI is InChI=1S/C12H14ClN3OS/c1-7(13)11(17)15-12-14-9-5-4-8(16(2)3)6-10(9)18-12/h4-7H,1-3H3,(H,14,15,17)/t7-/m1/s1. The molecule has 2 aromatic rings. The fourth-order valence-corrected chi connectivity index (χ4v) is 2.41. The number of benzene rings is 1. The van der Waals surface area contributed by atoms with Crippen LogP contribution < -0.4 is 10.2 Å². The number of nitrogens with one attached hydrogen (secondary N) is 1. The lowest BCUT2D eigenvalue weighted by Gasteiger charge is -2.11. The highest BCUT2D eigenvalue weighted by atomic mass is 35.5. The first-order valence-electron chi connectivity index (χ1n) is 5.50. The summed E-state index contributed by atoms with van der Waals surface area (Å²) < 4.78 is 1.04. The summed E-state index contributed by atoms with van der Waals surface area (Å²) >= 11 is 7.15. The van der Waals surface area contributed by atoms with Crippen LogP contribution in [-0.4, -0.2) is 30.4 Å². The molecule has 4 nitrogen and oxygen atoms in total. The number of carbonyl (C=O) groups is 1. The molecular formula is C12H14ClN3OS. The van der Waals surface area contributed by atoms with Crippen molar-refractivity contribution >= 4 is 49.9 Å². The largest absolute Gasteiger partial charge is 0.378 e. The van der Waals surface area contributed by atoms with Crippen LogP contribution in [0.3, 0.4) is 0 Å². The smallest absolute Gasteiger partial charge is 0.243 e. The van der Waals surface area contributed by atoms with Gasteiger partial charge in [-0.3, -0.25) is 4.79 Å². The van der Waals surface area contributed by atoms with Gasteiger partial charge in [0.15, 0.2) is 5.13 Å². The molecule has 0 aliphatic carbocycles. The highest BCUT2D eigenvalue weighted by molar-refractivity contribution is 7.22. The zero-order valence-corrected chi connectivity index (χ0v) is 12.0. The fourth-order valence-electron chi connectivity index (χ4n) is 1.45. The highest BCUT2D eigenvalue weighted by Crippen LogP contribution is 2.29. The predicted molar refractivity (Wildman–Crippen MR) is 77.9 cm³/mol. The van der Waals surface area contributed by atoms with Crippen molar-refractivity contribution in [3.8, 4) is 0 Å². The van der Waals surface area contributed by atoms with E-state index in [-0.39, 0.29) is 5.91 Å². The minimum absolute atomic E-state index is 0.233. The lowest BCUT2D eigenvalue weighted by Crippen LogP contribution is -2.19. The number of fused-ring (bicyclic) bond motifs is 1. The minimum Gasteiger partial charge on any atom is -0.378 e. The van der Waals surface area contributed by atoms with Crippen LogP contribution in [0, 0.1) is 0 Å². The zero-order valence-electron chi connectivity index (χ0n) is 10.4. The summed E-state index contributed by atoms with van der Waals surface area (Å²) in [5.74, 6) is -0.233.